The smallest absolute Gasteiger partial charge is 0.122 e. The van der Waals surface area contributed by atoms with E-state index < -0.39 is 5.60 Å². The molecule has 1 heterocycles. The Balaban J connectivity index is 2.16. The molecule has 4 nitrogen and oxygen atoms in total. The van der Waals surface area contributed by atoms with E-state index in [1.807, 2.05) is 0 Å². The van der Waals surface area contributed by atoms with E-state index in [-0.39, 0.29) is 11.5 Å². The minimum absolute atomic E-state index is 0.0324. The number of nitrogens with one attached hydrogen (secondary N) is 1. The van der Waals surface area contributed by atoms with Crippen LogP contribution in [0, 0.1) is 0 Å². The third-order valence-corrected chi connectivity index (χ3v) is 2.50. The summed E-state index contributed by atoms with van der Waals surface area (Å²) in [5.41, 5.74) is -0.0825. The summed E-state index contributed by atoms with van der Waals surface area (Å²) in [6.07, 6.45) is 0.409. The zero-order valence-electron chi connectivity index (χ0n) is 7.70. The monoisotopic (exact) mass is 195 g/mol. The van der Waals surface area contributed by atoms with Crippen LogP contribution in [-0.4, -0.2) is 34.0 Å². The molecule has 1 aromatic rings. The molecule has 14 heavy (non-hydrogen) atoms. The van der Waals surface area contributed by atoms with Gasteiger partial charge in [0, 0.05) is 25.6 Å². The van der Waals surface area contributed by atoms with Gasteiger partial charge in [-0.1, -0.05) is 6.07 Å². The lowest BCUT2D eigenvalue weighted by Gasteiger charge is -2.37. The van der Waals surface area contributed by atoms with Crippen molar-refractivity contribution < 1.29 is 15.3 Å². The van der Waals surface area contributed by atoms with Crippen LogP contribution in [0.4, 0.5) is 0 Å². The van der Waals surface area contributed by atoms with Crippen LogP contribution in [0.3, 0.4) is 0 Å². The van der Waals surface area contributed by atoms with Crippen molar-refractivity contribution in [1.29, 1.82) is 0 Å². The molecule has 1 aliphatic rings. The van der Waals surface area contributed by atoms with Gasteiger partial charge in [0.05, 0.1) is 5.60 Å². The van der Waals surface area contributed by atoms with Crippen molar-refractivity contribution in [3.8, 4) is 11.5 Å². The standard InChI is InChI=1S/C10H13NO3/c12-8-2-1-7(9(13)3-8)4-10(14)5-11-6-10/h1-3,11-14H,4-6H2. The summed E-state index contributed by atoms with van der Waals surface area (Å²) in [5, 5.41) is 31.3. The molecular weight excluding hydrogens is 182 g/mol. The maximum Gasteiger partial charge on any atom is 0.122 e. The normalized spacial score (nSPS) is 18.9. The summed E-state index contributed by atoms with van der Waals surface area (Å²) in [5.74, 6) is 0.0651. The summed E-state index contributed by atoms with van der Waals surface area (Å²) < 4.78 is 0. The molecule has 0 saturated carbocycles. The summed E-state index contributed by atoms with van der Waals surface area (Å²) in [7, 11) is 0. The molecule has 1 saturated heterocycles. The van der Waals surface area contributed by atoms with Gasteiger partial charge in [-0.2, -0.15) is 0 Å². The van der Waals surface area contributed by atoms with Crippen molar-refractivity contribution in [1.82, 2.24) is 5.32 Å². The highest BCUT2D eigenvalue weighted by Gasteiger charge is 2.34. The maximum absolute atomic E-state index is 9.82. The molecule has 0 bridgehead atoms. The van der Waals surface area contributed by atoms with Gasteiger partial charge >= 0.3 is 0 Å². The largest absolute Gasteiger partial charge is 0.508 e. The van der Waals surface area contributed by atoms with Crippen molar-refractivity contribution in [2.24, 2.45) is 0 Å². The SMILES string of the molecule is Oc1ccc(CC2(O)CNC2)c(O)c1. The fraction of sp³-hybridized carbons (Fsp3) is 0.400. The first-order valence-electron chi connectivity index (χ1n) is 4.53. The van der Waals surface area contributed by atoms with Crippen LogP contribution in [0.25, 0.3) is 0 Å². The Labute approximate surface area is 81.8 Å². The van der Waals surface area contributed by atoms with Gasteiger partial charge < -0.3 is 20.6 Å². The molecule has 1 aliphatic heterocycles. The maximum atomic E-state index is 9.82. The van der Waals surface area contributed by atoms with Gasteiger partial charge in [-0.3, -0.25) is 0 Å². The highest BCUT2D eigenvalue weighted by molar-refractivity contribution is 5.40. The molecule has 1 aromatic carbocycles. The first-order valence-corrected chi connectivity index (χ1v) is 4.53. The molecule has 4 heteroatoms. The fourth-order valence-electron chi connectivity index (χ4n) is 1.59. The molecule has 0 radical (unpaired) electrons. The van der Waals surface area contributed by atoms with Crippen LogP contribution in [0.1, 0.15) is 5.56 Å². The Morgan fingerprint density at radius 2 is 2.00 bits per heavy atom. The van der Waals surface area contributed by atoms with Crippen molar-refractivity contribution >= 4 is 0 Å². The van der Waals surface area contributed by atoms with E-state index in [2.05, 4.69) is 5.32 Å². The molecule has 0 aromatic heterocycles. The zero-order chi connectivity index (χ0) is 10.2. The highest BCUT2D eigenvalue weighted by Crippen LogP contribution is 2.27. The van der Waals surface area contributed by atoms with Crippen molar-refractivity contribution in [3.63, 3.8) is 0 Å². The number of hydrogen-bond donors (Lipinski definition) is 4. The molecule has 0 unspecified atom stereocenters. The molecule has 0 atom stereocenters. The molecule has 1 fully saturated rings. The van der Waals surface area contributed by atoms with E-state index in [4.69, 9.17) is 5.11 Å². The van der Waals surface area contributed by atoms with Crippen LogP contribution in [-0.2, 0) is 6.42 Å². The highest BCUT2D eigenvalue weighted by atomic mass is 16.3. The lowest BCUT2D eigenvalue weighted by molar-refractivity contribution is -0.00945. The molecule has 0 spiro atoms. The van der Waals surface area contributed by atoms with Gasteiger partial charge in [-0.05, 0) is 11.6 Å². The Kier molecular flexibility index (Phi) is 2.09. The van der Waals surface area contributed by atoms with E-state index in [9.17, 15) is 10.2 Å². The zero-order valence-corrected chi connectivity index (χ0v) is 7.70. The number of aliphatic hydroxyl groups is 1. The predicted molar refractivity (Wildman–Crippen MR) is 51.3 cm³/mol. The summed E-state index contributed by atoms with van der Waals surface area (Å²) >= 11 is 0. The number of benzene rings is 1. The van der Waals surface area contributed by atoms with E-state index >= 15 is 0 Å². The minimum Gasteiger partial charge on any atom is -0.508 e. The van der Waals surface area contributed by atoms with Crippen molar-refractivity contribution in [3.05, 3.63) is 23.8 Å². The van der Waals surface area contributed by atoms with Gasteiger partial charge in [-0.25, -0.2) is 0 Å². The number of phenolic OH excluding ortho intramolecular Hbond substituents is 2. The number of hydrogen-bond acceptors (Lipinski definition) is 4. The minimum atomic E-state index is -0.742. The molecule has 0 aliphatic carbocycles. The first-order chi connectivity index (χ1) is 6.59. The third kappa shape index (κ3) is 1.66. The van der Waals surface area contributed by atoms with Crippen LogP contribution in [0.5, 0.6) is 11.5 Å². The first kappa shape index (κ1) is 9.30. The van der Waals surface area contributed by atoms with E-state index in [0.717, 1.165) is 0 Å². The van der Waals surface area contributed by atoms with Crippen molar-refractivity contribution in [2.45, 2.75) is 12.0 Å². The molecule has 0 amide bonds. The van der Waals surface area contributed by atoms with Gasteiger partial charge in [0.2, 0.25) is 0 Å². The third-order valence-electron chi connectivity index (χ3n) is 2.50. The summed E-state index contributed by atoms with van der Waals surface area (Å²) in [4.78, 5) is 0. The van der Waals surface area contributed by atoms with Crippen LogP contribution >= 0.6 is 0 Å². The Morgan fingerprint density at radius 3 is 2.50 bits per heavy atom. The molecular formula is C10H13NO3. The van der Waals surface area contributed by atoms with Crippen LogP contribution in [0.2, 0.25) is 0 Å². The fourth-order valence-corrected chi connectivity index (χ4v) is 1.59. The molecule has 2 rings (SSSR count). The summed E-state index contributed by atoms with van der Waals surface area (Å²) in [6.45, 7) is 1.10. The summed E-state index contributed by atoms with van der Waals surface area (Å²) in [6, 6.07) is 4.41. The van der Waals surface area contributed by atoms with E-state index in [1.54, 1.807) is 6.07 Å². The average Bonchev–Trinajstić information content (AvgIpc) is 2.07. The van der Waals surface area contributed by atoms with E-state index in [1.165, 1.54) is 12.1 Å². The van der Waals surface area contributed by atoms with Crippen molar-refractivity contribution in [2.75, 3.05) is 13.1 Å². The average molecular weight is 195 g/mol. The quantitative estimate of drug-likeness (QED) is 0.535. The number of rotatable bonds is 2. The Hall–Kier alpha value is -1.26. The Bertz CT molecular complexity index is 347. The number of phenols is 2. The van der Waals surface area contributed by atoms with Gasteiger partial charge in [0.15, 0.2) is 0 Å². The second-order valence-corrected chi connectivity index (χ2v) is 3.82. The molecule has 4 N–H and O–H groups in total. The van der Waals surface area contributed by atoms with Gasteiger partial charge in [-0.15, -0.1) is 0 Å². The van der Waals surface area contributed by atoms with Gasteiger partial charge in [0.25, 0.3) is 0 Å². The number of aromatic hydroxyl groups is 2. The van der Waals surface area contributed by atoms with Crippen LogP contribution < -0.4 is 5.32 Å². The topological polar surface area (TPSA) is 72.7 Å². The second kappa shape index (κ2) is 3.15. The lowest BCUT2D eigenvalue weighted by atomic mass is 9.89. The van der Waals surface area contributed by atoms with Gasteiger partial charge in [0.1, 0.15) is 11.5 Å². The number of β-amino-alcohol motifs (C(OH)–C–C–N with tert-alkyl or cyclic N) is 1. The Morgan fingerprint density at radius 1 is 1.29 bits per heavy atom. The second-order valence-electron chi connectivity index (χ2n) is 3.82. The molecule has 76 valence electrons. The van der Waals surface area contributed by atoms with E-state index in [0.29, 0.717) is 25.1 Å². The lowest BCUT2D eigenvalue weighted by Crippen LogP contribution is -2.60. The predicted octanol–water partition coefficient (Wildman–Crippen LogP) is -0.0254. The van der Waals surface area contributed by atoms with Crippen LogP contribution in [0.15, 0.2) is 18.2 Å².